The summed E-state index contributed by atoms with van der Waals surface area (Å²) in [6.45, 7) is 1.13. The molecule has 2 aliphatic rings. The predicted octanol–water partition coefficient (Wildman–Crippen LogP) is 2.28. The molecule has 2 atom stereocenters. The molecule has 1 fully saturated rings. The summed E-state index contributed by atoms with van der Waals surface area (Å²) < 4.78 is 2.39. The lowest BCUT2D eigenvalue weighted by Gasteiger charge is -2.18. The number of hydrogen-bond donors (Lipinski definition) is 1. The van der Waals surface area contributed by atoms with E-state index in [1.807, 2.05) is 0 Å². The number of nitrogens with two attached hydrogens (primary N) is 1. The lowest BCUT2D eigenvalue weighted by Crippen LogP contribution is -2.25. The van der Waals surface area contributed by atoms with Crippen molar-refractivity contribution in [2.24, 2.45) is 11.7 Å². The van der Waals surface area contributed by atoms with Crippen molar-refractivity contribution in [1.29, 1.82) is 0 Å². The van der Waals surface area contributed by atoms with Crippen LogP contribution in [0.25, 0.3) is 0 Å². The Morgan fingerprint density at radius 2 is 2.12 bits per heavy atom. The first kappa shape index (κ1) is 11.3. The van der Waals surface area contributed by atoms with E-state index in [1.54, 1.807) is 0 Å². The molecule has 0 aliphatic heterocycles. The quantitative estimate of drug-likeness (QED) is 0.870. The fourth-order valence-corrected chi connectivity index (χ4v) is 3.45. The minimum Gasteiger partial charge on any atom is -0.334 e. The van der Waals surface area contributed by atoms with Crippen LogP contribution in [0.2, 0.25) is 0 Å². The third kappa shape index (κ3) is 2.25. The molecule has 0 radical (unpaired) electrons. The van der Waals surface area contributed by atoms with Gasteiger partial charge < -0.3 is 10.3 Å². The zero-order valence-electron chi connectivity index (χ0n) is 10.6. The highest BCUT2D eigenvalue weighted by molar-refractivity contribution is 5.16. The molecule has 3 rings (SSSR count). The molecule has 2 N–H and O–H groups in total. The number of aromatic nitrogens is 2. The highest BCUT2D eigenvalue weighted by atomic mass is 15.1. The Balaban J connectivity index is 1.63. The minimum absolute atomic E-state index is 0.453. The molecule has 3 heteroatoms. The van der Waals surface area contributed by atoms with Gasteiger partial charge >= 0.3 is 0 Å². The van der Waals surface area contributed by atoms with E-state index in [9.17, 15) is 0 Å². The smallest absolute Gasteiger partial charge is 0.0951 e. The third-order valence-corrected chi connectivity index (χ3v) is 4.57. The second-order valence-electron chi connectivity index (χ2n) is 5.68. The Bertz CT molecular complexity index is 383. The van der Waals surface area contributed by atoms with Crippen LogP contribution in [0.15, 0.2) is 6.33 Å². The van der Waals surface area contributed by atoms with Gasteiger partial charge in [0.2, 0.25) is 0 Å². The number of imidazole rings is 1. The van der Waals surface area contributed by atoms with Gasteiger partial charge in [-0.05, 0) is 50.9 Å². The van der Waals surface area contributed by atoms with Gasteiger partial charge in [0.05, 0.1) is 12.0 Å². The number of hydrogen-bond acceptors (Lipinski definition) is 2. The normalized spacial score (nSPS) is 28.3. The van der Waals surface area contributed by atoms with Crippen molar-refractivity contribution in [2.75, 3.05) is 0 Å². The van der Waals surface area contributed by atoms with Crippen LogP contribution in [-0.2, 0) is 19.4 Å². The summed E-state index contributed by atoms with van der Waals surface area (Å²) in [5.74, 6) is 0.747. The highest BCUT2D eigenvalue weighted by Crippen LogP contribution is 2.28. The van der Waals surface area contributed by atoms with Crippen molar-refractivity contribution < 1.29 is 0 Å². The van der Waals surface area contributed by atoms with Gasteiger partial charge in [0.1, 0.15) is 0 Å². The van der Waals surface area contributed by atoms with Crippen molar-refractivity contribution in [1.82, 2.24) is 9.55 Å². The molecule has 2 aliphatic carbocycles. The zero-order chi connectivity index (χ0) is 11.7. The number of fused-ring (bicyclic) bond motifs is 1. The van der Waals surface area contributed by atoms with E-state index in [4.69, 9.17) is 5.73 Å². The van der Waals surface area contributed by atoms with Crippen LogP contribution >= 0.6 is 0 Å². The molecule has 94 valence electrons. The van der Waals surface area contributed by atoms with Gasteiger partial charge in [-0.3, -0.25) is 0 Å². The third-order valence-electron chi connectivity index (χ3n) is 4.57. The van der Waals surface area contributed by atoms with Crippen LogP contribution in [-0.4, -0.2) is 15.6 Å². The molecule has 0 saturated heterocycles. The van der Waals surface area contributed by atoms with Gasteiger partial charge in [0.15, 0.2) is 0 Å². The average molecular weight is 233 g/mol. The topological polar surface area (TPSA) is 43.8 Å². The van der Waals surface area contributed by atoms with Gasteiger partial charge in [-0.15, -0.1) is 0 Å². The van der Waals surface area contributed by atoms with E-state index in [1.165, 1.54) is 62.8 Å². The van der Waals surface area contributed by atoms with Gasteiger partial charge in [0.25, 0.3) is 0 Å². The second-order valence-corrected chi connectivity index (χ2v) is 5.68. The summed E-state index contributed by atoms with van der Waals surface area (Å²) in [4.78, 5) is 4.55. The Hall–Kier alpha value is -0.830. The average Bonchev–Trinajstić information content (AvgIpc) is 2.93. The highest BCUT2D eigenvalue weighted by Gasteiger charge is 2.24. The van der Waals surface area contributed by atoms with Crippen LogP contribution < -0.4 is 5.73 Å². The lowest BCUT2D eigenvalue weighted by atomic mass is 9.99. The van der Waals surface area contributed by atoms with Crippen molar-refractivity contribution in [2.45, 2.75) is 64.0 Å². The van der Waals surface area contributed by atoms with E-state index in [2.05, 4.69) is 15.9 Å². The molecule has 0 spiro atoms. The molecule has 1 aromatic heterocycles. The van der Waals surface area contributed by atoms with Crippen molar-refractivity contribution >= 4 is 0 Å². The predicted molar refractivity (Wildman–Crippen MR) is 68.8 cm³/mol. The molecule has 2 unspecified atom stereocenters. The van der Waals surface area contributed by atoms with E-state index >= 15 is 0 Å². The first-order valence-corrected chi connectivity index (χ1v) is 7.13. The van der Waals surface area contributed by atoms with Gasteiger partial charge in [-0.25, -0.2) is 4.98 Å². The zero-order valence-corrected chi connectivity index (χ0v) is 10.6. The molecule has 17 heavy (non-hydrogen) atoms. The fourth-order valence-electron chi connectivity index (χ4n) is 3.45. The summed E-state index contributed by atoms with van der Waals surface area (Å²) in [5, 5.41) is 0. The largest absolute Gasteiger partial charge is 0.334 e. The molecule has 0 bridgehead atoms. The maximum Gasteiger partial charge on any atom is 0.0951 e. The second kappa shape index (κ2) is 4.81. The minimum atomic E-state index is 0.453. The van der Waals surface area contributed by atoms with E-state index in [-0.39, 0.29) is 0 Å². The molecule has 0 amide bonds. The van der Waals surface area contributed by atoms with E-state index in [0.717, 1.165) is 12.5 Å². The maximum atomic E-state index is 6.13. The van der Waals surface area contributed by atoms with Gasteiger partial charge in [-0.2, -0.15) is 0 Å². The molecular weight excluding hydrogens is 210 g/mol. The summed E-state index contributed by atoms with van der Waals surface area (Å²) in [5.41, 5.74) is 8.99. The van der Waals surface area contributed by atoms with Crippen LogP contribution in [0.4, 0.5) is 0 Å². The lowest BCUT2D eigenvalue weighted by molar-refractivity contribution is 0.410. The van der Waals surface area contributed by atoms with Crippen LogP contribution in [0.3, 0.4) is 0 Å². The molecule has 1 heterocycles. The Morgan fingerprint density at radius 1 is 1.24 bits per heavy atom. The Kier molecular flexibility index (Phi) is 3.19. The number of aryl methyl sites for hydroxylation is 2. The van der Waals surface area contributed by atoms with Crippen molar-refractivity contribution in [3.63, 3.8) is 0 Å². The summed E-state index contributed by atoms with van der Waals surface area (Å²) in [7, 11) is 0. The van der Waals surface area contributed by atoms with Crippen LogP contribution in [0.5, 0.6) is 0 Å². The van der Waals surface area contributed by atoms with Gasteiger partial charge in [-0.1, -0.05) is 6.42 Å². The molecule has 1 aromatic rings. The molecule has 0 aromatic carbocycles. The van der Waals surface area contributed by atoms with E-state index < -0.39 is 0 Å². The summed E-state index contributed by atoms with van der Waals surface area (Å²) in [6, 6.07) is 0.453. The van der Waals surface area contributed by atoms with E-state index in [0.29, 0.717) is 6.04 Å². The maximum absolute atomic E-state index is 6.13. The SMILES string of the molecule is NC1CCCC1CCn1cnc2c1CCCC2. The monoisotopic (exact) mass is 233 g/mol. The Labute approximate surface area is 103 Å². The summed E-state index contributed by atoms with van der Waals surface area (Å²) >= 11 is 0. The number of nitrogens with zero attached hydrogens (tertiary/aromatic N) is 2. The molecule has 1 saturated carbocycles. The van der Waals surface area contributed by atoms with Gasteiger partial charge in [0, 0.05) is 18.3 Å². The molecular formula is C14H23N3. The fraction of sp³-hybridized carbons (Fsp3) is 0.786. The first-order chi connectivity index (χ1) is 8.34. The first-order valence-electron chi connectivity index (χ1n) is 7.13. The van der Waals surface area contributed by atoms with Crippen molar-refractivity contribution in [3.05, 3.63) is 17.7 Å². The van der Waals surface area contributed by atoms with Crippen molar-refractivity contribution in [3.8, 4) is 0 Å². The summed E-state index contributed by atoms with van der Waals surface area (Å²) in [6.07, 6.45) is 12.2. The standard InChI is InChI=1S/C14H23N3/c15-12-5-3-4-11(12)8-9-17-10-16-13-6-1-2-7-14(13)17/h10-12H,1-9,15H2. The number of rotatable bonds is 3. The van der Waals surface area contributed by atoms with Crippen LogP contribution in [0, 0.1) is 5.92 Å². The molecule has 3 nitrogen and oxygen atoms in total. The van der Waals surface area contributed by atoms with Crippen LogP contribution in [0.1, 0.15) is 49.9 Å². The Morgan fingerprint density at radius 3 is 2.94 bits per heavy atom.